The zero-order chi connectivity index (χ0) is 18.9. The van der Waals surface area contributed by atoms with Gasteiger partial charge >= 0.3 is 5.97 Å². The van der Waals surface area contributed by atoms with Gasteiger partial charge in [-0.2, -0.15) is 11.8 Å². The summed E-state index contributed by atoms with van der Waals surface area (Å²) in [7, 11) is 1.90. The van der Waals surface area contributed by atoms with Crippen LogP contribution in [0.5, 0.6) is 0 Å². The van der Waals surface area contributed by atoms with Crippen molar-refractivity contribution >= 4 is 41.1 Å². The highest BCUT2D eigenvalue weighted by Gasteiger charge is 2.12. The largest absolute Gasteiger partial charge is 0.462 e. The molecule has 0 fully saturated rings. The zero-order valence-corrected chi connectivity index (χ0v) is 16.7. The first-order chi connectivity index (χ1) is 12.5. The number of carbonyl (C=O) groups is 2. The summed E-state index contributed by atoms with van der Waals surface area (Å²) in [5.41, 5.74) is 1.08. The third-order valence-electron chi connectivity index (χ3n) is 3.37. The van der Waals surface area contributed by atoms with E-state index in [9.17, 15) is 9.59 Å². The van der Waals surface area contributed by atoms with Crippen LogP contribution in [-0.2, 0) is 22.3 Å². The number of thioether (sulfide) groups is 2. The first-order valence-corrected chi connectivity index (χ1v) is 10.3. The Morgan fingerprint density at radius 1 is 1.19 bits per heavy atom. The summed E-state index contributed by atoms with van der Waals surface area (Å²) in [5, 5.41) is 11.8. The van der Waals surface area contributed by atoms with Gasteiger partial charge in [0.25, 0.3) is 0 Å². The second kappa shape index (κ2) is 10.2. The molecule has 1 aromatic carbocycles. The van der Waals surface area contributed by atoms with Gasteiger partial charge in [-0.15, -0.1) is 10.2 Å². The van der Waals surface area contributed by atoms with Gasteiger partial charge in [0.05, 0.1) is 23.7 Å². The van der Waals surface area contributed by atoms with E-state index in [0.29, 0.717) is 23.0 Å². The molecule has 1 N–H and O–H groups in total. The Kier molecular flexibility index (Phi) is 7.99. The number of amides is 1. The Balaban J connectivity index is 1.85. The maximum atomic E-state index is 12.1. The lowest BCUT2D eigenvalue weighted by atomic mass is 10.2. The fourth-order valence-electron chi connectivity index (χ4n) is 2.02. The number of nitrogens with one attached hydrogen (secondary N) is 1. The van der Waals surface area contributed by atoms with Crippen LogP contribution in [0.15, 0.2) is 29.4 Å². The van der Waals surface area contributed by atoms with Gasteiger partial charge in [-0.3, -0.25) is 4.79 Å². The first kappa shape index (κ1) is 20.3. The van der Waals surface area contributed by atoms with Crippen LogP contribution in [0.25, 0.3) is 0 Å². The van der Waals surface area contributed by atoms with E-state index in [1.54, 1.807) is 43.0 Å². The number of hydrogen-bond donors (Lipinski definition) is 1. The molecule has 1 amide bonds. The van der Waals surface area contributed by atoms with Gasteiger partial charge < -0.3 is 14.6 Å². The number of rotatable bonds is 9. The van der Waals surface area contributed by atoms with E-state index in [0.717, 1.165) is 17.3 Å². The van der Waals surface area contributed by atoms with Gasteiger partial charge in [0.15, 0.2) is 5.16 Å². The highest BCUT2D eigenvalue weighted by Crippen LogP contribution is 2.19. The number of carbonyl (C=O) groups excluding carboxylic acids is 2. The number of benzene rings is 1. The molecule has 0 bridgehead atoms. The molecule has 26 heavy (non-hydrogen) atoms. The average molecular weight is 395 g/mol. The maximum absolute atomic E-state index is 12.1. The van der Waals surface area contributed by atoms with E-state index in [1.807, 2.05) is 11.6 Å². The minimum Gasteiger partial charge on any atom is -0.462 e. The standard InChI is InChI=1S/C17H22N4O3S2/c1-4-24-16(23)12-6-8-13(9-7-12)18-15(22)11-26-17-20-19-14(21(17)3)10-25-5-2/h6-9H,4-5,10-11H2,1-3H3,(H,18,22). The first-order valence-electron chi connectivity index (χ1n) is 8.21. The smallest absolute Gasteiger partial charge is 0.338 e. The van der Waals surface area contributed by atoms with Gasteiger partial charge in [0.2, 0.25) is 5.91 Å². The van der Waals surface area contributed by atoms with Gasteiger partial charge in [-0.25, -0.2) is 4.79 Å². The number of esters is 1. The van der Waals surface area contributed by atoms with Crippen LogP contribution in [0.2, 0.25) is 0 Å². The highest BCUT2D eigenvalue weighted by atomic mass is 32.2. The van der Waals surface area contributed by atoms with E-state index in [4.69, 9.17) is 4.74 Å². The van der Waals surface area contributed by atoms with Crippen molar-refractivity contribution in [3.05, 3.63) is 35.7 Å². The molecule has 9 heteroatoms. The molecule has 0 spiro atoms. The van der Waals surface area contributed by atoms with Crippen molar-refractivity contribution in [2.75, 3.05) is 23.4 Å². The minimum absolute atomic E-state index is 0.147. The molecule has 0 aliphatic rings. The lowest BCUT2D eigenvalue weighted by Crippen LogP contribution is -2.14. The maximum Gasteiger partial charge on any atom is 0.338 e. The predicted octanol–water partition coefficient (Wildman–Crippen LogP) is 2.98. The van der Waals surface area contributed by atoms with E-state index in [2.05, 4.69) is 22.4 Å². The molecule has 7 nitrogen and oxygen atoms in total. The summed E-state index contributed by atoms with van der Waals surface area (Å²) in [6.45, 7) is 4.18. The quantitative estimate of drug-likeness (QED) is 0.517. The zero-order valence-electron chi connectivity index (χ0n) is 15.0. The lowest BCUT2D eigenvalue weighted by molar-refractivity contribution is -0.113. The van der Waals surface area contributed by atoms with Crippen LogP contribution >= 0.6 is 23.5 Å². The summed E-state index contributed by atoms with van der Waals surface area (Å²) in [6.07, 6.45) is 0. The van der Waals surface area contributed by atoms with E-state index < -0.39 is 0 Å². The van der Waals surface area contributed by atoms with E-state index >= 15 is 0 Å². The third-order valence-corrected chi connectivity index (χ3v) is 5.26. The fraction of sp³-hybridized carbons (Fsp3) is 0.412. The van der Waals surface area contributed by atoms with E-state index in [-0.39, 0.29) is 17.6 Å². The van der Waals surface area contributed by atoms with Crippen LogP contribution in [0, 0.1) is 0 Å². The SMILES string of the molecule is CCOC(=O)c1ccc(NC(=O)CSc2nnc(CSCC)n2C)cc1. The molecular formula is C17H22N4O3S2. The Morgan fingerprint density at radius 2 is 1.92 bits per heavy atom. The van der Waals surface area contributed by atoms with Gasteiger partial charge in [0, 0.05) is 12.7 Å². The monoisotopic (exact) mass is 394 g/mol. The van der Waals surface area contributed by atoms with Crippen molar-refractivity contribution < 1.29 is 14.3 Å². The van der Waals surface area contributed by atoms with Crippen molar-refractivity contribution in [1.82, 2.24) is 14.8 Å². The molecule has 0 unspecified atom stereocenters. The van der Waals surface area contributed by atoms with Crippen molar-refractivity contribution in [3.63, 3.8) is 0 Å². The molecule has 0 radical (unpaired) electrons. The van der Waals surface area contributed by atoms with Gasteiger partial charge in [-0.05, 0) is 36.9 Å². The number of anilines is 1. The highest BCUT2D eigenvalue weighted by molar-refractivity contribution is 7.99. The summed E-state index contributed by atoms with van der Waals surface area (Å²) in [4.78, 5) is 23.7. The number of aromatic nitrogens is 3. The normalized spacial score (nSPS) is 10.6. The molecule has 2 aromatic rings. The van der Waals surface area contributed by atoms with Crippen LogP contribution in [-0.4, -0.2) is 44.8 Å². The molecule has 0 aliphatic heterocycles. The summed E-state index contributed by atoms with van der Waals surface area (Å²) >= 11 is 3.11. The van der Waals surface area contributed by atoms with Crippen molar-refractivity contribution in [2.45, 2.75) is 24.8 Å². The molecule has 2 rings (SSSR count). The average Bonchev–Trinajstić information content (AvgIpc) is 2.99. The lowest BCUT2D eigenvalue weighted by Gasteiger charge is -2.07. The van der Waals surface area contributed by atoms with Crippen LogP contribution in [0.4, 0.5) is 5.69 Å². The number of hydrogen-bond acceptors (Lipinski definition) is 7. The fourth-order valence-corrected chi connectivity index (χ4v) is 3.39. The summed E-state index contributed by atoms with van der Waals surface area (Å²) in [6, 6.07) is 6.61. The second-order valence-electron chi connectivity index (χ2n) is 5.23. The Bertz CT molecular complexity index is 747. The molecule has 1 heterocycles. The van der Waals surface area contributed by atoms with Crippen LogP contribution in [0.3, 0.4) is 0 Å². The van der Waals surface area contributed by atoms with Crippen molar-refractivity contribution in [1.29, 1.82) is 0 Å². The molecule has 140 valence electrons. The molecular weight excluding hydrogens is 372 g/mol. The summed E-state index contributed by atoms with van der Waals surface area (Å²) < 4.78 is 6.84. The van der Waals surface area contributed by atoms with Crippen LogP contribution < -0.4 is 5.32 Å². The number of ether oxygens (including phenoxy) is 1. The second-order valence-corrected chi connectivity index (χ2v) is 7.45. The topological polar surface area (TPSA) is 86.1 Å². The molecule has 0 aliphatic carbocycles. The minimum atomic E-state index is -0.375. The summed E-state index contributed by atoms with van der Waals surface area (Å²) in [5.74, 6) is 2.43. The third kappa shape index (κ3) is 5.77. The predicted molar refractivity (Wildman–Crippen MR) is 105 cm³/mol. The molecule has 1 aromatic heterocycles. The van der Waals surface area contributed by atoms with Gasteiger partial charge in [0.1, 0.15) is 5.82 Å². The Morgan fingerprint density at radius 3 is 2.58 bits per heavy atom. The van der Waals surface area contributed by atoms with Gasteiger partial charge in [-0.1, -0.05) is 18.7 Å². The van der Waals surface area contributed by atoms with Crippen molar-refractivity contribution in [3.8, 4) is 0 Å². The number of nitrogens with zero attached hydrogens (tertiary/aromatic N) is 3. The Labute approximate surface area is 161 Å². The Hall–Kier alpha value is -2.00. The van der Waals surface area contributed by atoms with Crippen molar-refractivity contribution in [2.24, 2.45) is 7.05 Å². The molecule has 0 atom stereocenters. The van der Waals surface area contributed by atoms with Crippen LogP contribution in [0.1, 0.15) is 30.0 Å². The molecule has 0 saturated heterocycles. The molecule has 0 saturated carbocycles. The van der Waals surface area contributed by atoms with E-state index in [1.165, 1.54) is 11.8 Å².